The Kier molecular flexibility index (Phi) is 4.31. The second kappa shape index (κ2) is 6.04. The van der Waals surface area contributed by atoms with Gasteiger partial charge in [0.25, 0.3) is 0 Å². The van der Waals surface area contributed by atoms with Crippen molar-refractivity contribution in [3.05, 3.63) is 16.2 Å². The van der Waals surface area contributed by atoms with Crippen LogP contribution in [0.15, 0.2) is 6.07 Å². The number of aromatic nitrogens is 2. The molecule has 0 aliphatic carbocycles. The molecule has 3 rings (SSSR count). The van der Waals surface area contributed by atoms with Crippen LogP contribution in [-0.4, -0.2) is 40.4 Å². The number of aryl methyl sites for hydroxylation is 1. The lowest BCUT2D eigenvalue weighted by atomic mass is 9.91. The van der Waals surface area contributed by atoms with Gasteiger partial charge in [0.2, 0.25) is 5.28 Å². The molecule has 114 valence electrons. The smallest absolute Gasteiger partial charge is 0.225 e. The molecule has 0 saturated carbocycles. The summed E-state index contributed by atoms with van der Waals surface area (Å²) in [6, 6.07) is 2.10. The summed E-state index contributed by atoms with van der Waals surface area (Å²) in [6.45, 7) is 3.43. The minimum Gasteiger partial charge on any atom is -0.394 e. The Labute approximate surface area is 132 Å². The van der Waals surface area contributed by atoms with Gasteiger partial charge in [-0.2, -0.15) is 0 Å². The van der Waals surface area contributed by atoms with Crippen molar-refractivity contribution in [3.63, 3.8) is 0 Å². The molecule has 0 amide bonds. The summed E-state index contributed by atoms with van der Waals surface area (Å²) < 4.78 is 5.39. The van der Waals surface area contributed by atoms with Crippen molar-refractivity contribution < 1.29 is 9.84 Å². The van der Waals surface area contributed by atoms with Gasteiger partial charge in [0.15, 0.2) is 0 Å². The van der Waals surface area contributed by atoms with E-state index >= 15 is 0 Å². The van der Waals surface area contributed by atoms with Crippen LogP contribution in [0.3, 0.4) is 0 Å². The first-order valence-corrected chi connectivity index (χ1v) is 8.28. The molecule has 1 aliphatic rings. The predicted molar refractivity (Wildman–Crippen MR) is 85.3 cm³/mol. The number of thiophene rings is 1. The van der Waals surface area contributed by atoms with Gasteiger partial charge in [-0.1, -0.05) is 6.92 Å². The van der Waals surface area contributed by atoms with Crippen molar-refractivity contribution in [1.82, 2.24) is 9.97 Å². The number of rotatable bonds is 4. The number of aliphatic hydroxyl groups is 1. The highest BCUT2D eigenvalue weighted by Crippen LogP contribution is 2.33. The standard InChI is InChI=1S/C14H18ClN3O2S/c1-2-9-7-10-11(16-13(15)17-12(10)21-9)18-14(8-19)3-5-20-6-4-14/h7,19H,2-6,8H2,1H3,(H,16,17,18). The summed E-state index contributed by atoms with van der Waals surface area (Å²) in [4.78, 5) is 10.8. The van der Waals surface area contributed by atoms with Crippen LogP contribution in [0, 0.1) is 0 Å². The van der Waals surface area contributed by atoms with E-state index in [1.807, 2.05) is 0 Å². The molecular formula is C14H18ClN3O2S. The van der Waals surface area contributed by atoms with Gasteiger partial charge in [-0.15, -0.1) is 11.3 Å². The number of nitrogens with zero attached hydrogens (tertiary/aromatic N) is 2. The monoisotopic (exact) mass is 327 g/mol. The summed E-state index contributed by atoms with van der Waals surface area (Å²) >= 11 is 7.67. The SMILES string of the molecule is CCc1cc2c(NC3(CO)CCOCC3)nc(Cl)nc2s1. The number of ether oxygens (including phenoxy) is 1. The Hall–Kier alpha value is -0.950. The zero-order chi connectivity index (χ0) is 14.9. The topological polar surface area (TPSA) is 67.3 Å². The number of nitrogens with one attached hydrogen (secondary N) is 1. The maximum atomic E-state index is 9.80. The van der Waals surface area contributed by atoms with Crippen LogP contribution in [0.5, 0.6) is 0 Å². The van der Waals surface area contributed by atoms with Crippen molar-refractivity contribution in [2.75, 3.05) is 25.1 Å². The van der Waals surface area contributed by atoms with E-state index in [1.165, 1.54) is 4.88 Å². The second-order valence-corrected chi connectivity index (χ2v) is 6.76. The third kappa shape index (κ3) is 2.99. The third-order valence-corrected chi connectivity index (χ3v) is 5.24. The Morgan fingerprint density at radius 1 is 1.43 bits per heavy atom. The molecule has 2 N–H and O–H groups in total. The largest absolute Gasteiger partial charge is 0.394 e. The first-order chi connectivity index (χ1) is 10.2. The maximum Gasteiger partial charge on any atom is 0.225 e. The highest BCUT2D eigenvalue weighted by molar-refractivity contribution is 7.18. The molecule has 0 atom stereocenters. The molecule has 0 spiro atoms. The third-order valence-electron chi connectivity index (χ3n) is 3.90. The number of fused-ring (bicyclic) bond motifs is 1. The second-order valence-electron chi connectivity index (χ2n) is 5.30. The van der Waals surface area contributed by atoms with E-state index in [4.69, 9.17) is 16.3 Å². The van der Waals surface area contributed by atoms with Crippen molar-refractivity contribution in [3.8, 4) is 0 Å². The Balaban J connectivity index is 2.00. The van der Waals surface area contributed by atoms with Gasteiger partial charge in [0.05, 0.1) is 17.5 Å². The number of aliphatic hydroxyl groups excluding tert-OH is 1. The van der Waals surface area contributed by atoms with Gasteiger partial charge in [-0.25, -0.2) is 9.97 Å². The minimum atomic E-state index is -0.392. The Bertz CT molecular complexity index is 640. The fraction of sp³-hybridized carbons (Fsp3) is 0.571. The van der Waals surface area contributed by atoms with Gasteiger partial charge in [-0.3, -0.25) is 0 Å². The van der Waals surface area contributed by atoms with Crippen LogP contribution in [-0.2, 0) is 11.2 Å². The molecule has 0 aromatic carbocycles. The van der Waals surface area contributed by atoms with Gasteiger partial charge < -0.3 is 15.2 Å². The minimum absolute atomic E-state index is 0.0459. The molecule has 21 heavy (non-hydrogen) atoms. The first kappa shape index (κ1) is 15.0. The number of hydrogen-bond acceptors (Lipinski definition) is 6. The first-order valence-electron chi connectivity index (χ1n) is 7.08. The van der Waals surface area contributed by atoms with Gasteiger partial charge >= 0.3 is 0 Å². The zero-order valence-electron chi connectivity index (χ0n) is 11.9. The van der Waals surface area contributed by atoms with E-state index in [0.29, 0.717) is 19.0 Å². The van der Waals surface area contributed by atoms with Crippen molar-refractivity contribution in [2.24, 2.45) is 0 Å². The molecule has 1 aliphatic heterocycles. The number of anilines is 1. The summed E-state index contributed by atoms with van der Waals surface area (Å²) in [5.74, 6) is 0.705. The lowest BCUT2D eigenvalue weighted by Crippen LogP contribution is -2.47. The van der Waals surface area contributed by atoms with Gasteiger partial charge in [0.1, 0.15) is 10.6 Å². The van der Waals surface area contributed by atoms with Gasteiger partial charge in [0, 0.05) is 18.1 Å². The van der Waals surface area contributed by atoms with E-state index < -0.39 is 5.54 Å². The lowest BCUT2D eigenvalue weighted by Gasteiger charge is -2.36. The average Bonchev–Trinajstić information content (AvgIpc) is 2.91. The average molecular weight is 328 g/mol. The molecule has 2 aromatic heterocycles. The van der Waals surface area contributed by atoms with Crippen LogP contribution >= 0.6 is 22.9 Å². The molecule has 5 nitrogen and oxygen atoms in total. The van der Waals surface area contributed by atoms with E-state index in [9.17, 15) is 5.11 Å². The molecule has 1 saturated heterocycles. The van der Waals surface area contributed by atoms with Crippen LogP contribution in [0.4, 0.5) is 5.82 Å². The molecule has 0 radical (unpaired) electrons. The predicted octanol–water partition coefficient (Wildman–Crippen LogP) is 2.86. The highest BCUT2D eigenvalue weighted by Gasteiger charge is 2.33. The van der Waals surface area contributed by atoms with Crippen LogP contribution < -0.4 is 5.32 Å². The van der Waals surface area contributed by atoms with Crippen LogP contribution in [0.1, 0.15) is 24.6 Å². The van der Waals surface area contributed by atoms with Crippen molar-refractivity contribution >= 4 is 39.0 Å². The van der Waals surface area contributed by atoms with Crippen molar-refractivity contribution in [1.29, 1.82) is 0 Å². The summed E-state index contributed by atoms with van der Waals surface area (Å²) in [5.41, 5.74) is -0.392. The Morgan fingerprint density at radius 3 is 2.86 bits per heavy atom. The highest BCUT2D eigenvalue weighted by atomic mass is 35.5. The maximum absolute atomic E-state index is 9.80. The van der Waals surface area contributed by atoms with Crippen LogP contribution in [0.25, 0.3) is 10.2 Å². The molecule has 0 unspecified atom stereocenters. The van der Waals surface area contributed by atoms with E-state index in [-0.39, 0.29) is 11.9 Å². The number of hydrogen-bond donors (Lipinski definition) is 2. The van der Waals surface area contributed by atoms with Gasteiger partial charge in [-0.05, 0) is 36.9 Å². The molecule has 2 aromatic rings. The van der Waals surface area contributed by atoms with Crippen molar-refractivity contribution in [2.45, 2.75) is 31.7 Å². The quantitative estimate of drug-likeness (QED) is 0.845. The fourth-order valence-electron chi connectivity index (χ4n) is 2.55. The van der Waals surface area contributed by atoms with E-state index in [1.54, 1.807) is 11.3 Å². The fourth-order valence-corrected chi connectivity index (χ4v) is 3.74. The van der Waals surface area contributed by atoms with E-state index in [2.05, 4.69) is 28.3 Å². The normalized spacial score (nSPS) is 18.0. The number of halogens is 1. The zero-order valence-corrected chi connectivity index (χ0v) is 13.4. The lowest BCUT2D eigenvalue weighted by molar-refractivity contribution is 0.0379. The van der Waals surface area contributed by atoms with E-state index in [0.717, 1.165) is 29.5 Å². The summed E-state index contributed by atoms with van der Waals surface area (Å²) in [6.07, 6.45) is 2.45. The molecule has 7 heteroatoms. The summed E-state index contributed by atoms with van der Waals surface area (Å²) in [5, 5.41) is 14.4. The molecular weight excluding hydrogens is 310 g/mol. The molecule has 1 fully saturated rings. The summed E-state index contributed by atoms with van der Waals surface area (Å²) in [7, 11) is 0. The molecule has 3 heterocycles. The Morgan fingerprint density at radius 2 is 2.19 bits per heavy atom. The molecule has 0 bridgehead atoms. The van der Waals surface area contributed by atoms with Crippen LogP contribution in [0.2, 0.25) is 5.28 Å².